The Kier molecular flexibility index (Phi) is 3.17. The smallest absolute Gasteiger partial charge is 0.338 e. The quantitative estimate of drug-likeness (QED) is 0.802. The zero-order valence-electron chi connectivity index (χ0n) is 10.9. The Morgan fingerprint density at radius 3 is 2.76 bits per heavy atom. The lowest BCUT2D eigenvalue weighted by molar-refractivity contribution is 0.0692. The molecule has 1 aromatic heterocycles. The predicted molar refractivity (Wildman–Crippen MR) is 73.5 cm³/mol. The second kappa shape index (κ2) is 5.01. The van der Waals surface area contributed by atoms with Crippen LogP contribution in [0.15, 0.2) is 29.1 Å². The van der Waals surface area contributed by atoms with Crippen molar-refractivity contribution in [1.29, 1.82) is 0 Å². The van der Waals surface area contributed by atoms with Crippen molar-refractivity contribution in [1.82, 2.24) is 9.97 Å². The zero-order chi connectivity index (χ0) is 15.0. The van der Waals surface area contributed by atoms with Gasteiger partial charge in [0.05, 0.1) is 5.56 Å². The Morgan fingerprint density at radius 1 is 1.38 bits per heavy atom. The number of aromatic nitrogens is 2. The first kappa shape index (κ1) is 13.3. The van der Waals surface area contributed by atoms with Gasteiger partial charge in [-0.05, 0) is 31.0 Å². The van der Waals surface area contributed by atoms with Gasteiger partial charge in [-0.25, -0.2) is 14.2 Å². The number of nitrogens with zero attached hydrogens (tertiary/aromatic N) is 1. The minimum atomic E-state index is -1.33. The first-order valence-corrected chi connectivity index (χ1v) is 6.44. The van der Waals surface area contributed by atoms with E-state index in [0.717, 1.165) is 25.0 Å². The largest absolute Gasteiger partial charge is 0.478 e. The molecule has 0 bridgehead atoms. The van der Waals surface area contributed by atoms with E-state index < -0.39 is 17.3 Å². The molecular weight excluding hydrogens is 277 g/mol. The van der Waals surface area contributed by atoms with Gasteiger partial charge < -0.3 is 15.4 Å². The fourth-order valence-corrected chi connectivity index (χ4v) is 2.00. The van der Waals surface area contributed by atoms with Gasteiger partial charge in [-0.1, -0.05) is 0 Å². The van der Waals surface area contributed by atoms with Gasteiger partial charge in [-0.2, -0.15) is 0 Å². The predicted octanol–water partition coefficient (Wildman–Crippen LogP) is 2.23. The first-order chi connectivity index (χ1) is 10.0. The summed E-state index contributed by atoms with van der Waals surface area (Å²) in [7, 11) is 0. The van der Waals surface area contributed by atoms with Crippen LogP contribution in [-0.4, -0.2) is 21.0 Å². The van der Waals surface area contributed by atoms with Crippen LogP contribution in [0.2, 0.25) is 0 Å². The third kappa shape index (κ3) is 2.91. The van der Waals surface area contributed by atoms with Crippen molar-refractivity contribution in [2.24, 2.45) is 0 Å². The van der Waals surface area contributed by atoms with Crippen molar-refractivity contribution in [3.8, 4) is 0 Å². The minimum Gasteiger partial charge on any atom is -0.478 e. The Labute approximate surface area is 118 Å². The molecule has 7 heteroatoms. The fraction of sp³-hybridized carbons (Fsp3) is 0.214. The Hall–Kier alpha value is -2.70. The van der Waals surface area contributed by atoms with Crippen LogP contribution in [0, 0.1) is 5.82 Å². The number of aromatic amines is 1. The maximum Gasteiger partial charge on any atom is 0.338 e. The van der Waals surface area contributed by atoms with Crippen LogP contribution in [0.1, 0.15) is 34.9 Å². The molecule has 21 heavy (non-hydrogen) atoms. The normalized spacial score (nSPS) is 14.0. The minimum absolute atomic E-state index is 0.281. The molecule has 0 spiro atoms. The number of halogens is 1. The summed E-state index contributed by atoms with van der Waals surface area (Å²) in [5, 5.41) is 11.6. The molecular formula is C14H12FN3O3. The van der Waals surface area contributed by atoms with Crippen molar-refractivity contribution in [3.05, 3.63) is 51.8 Å². The number of carboxylic acids is 1. The molecule has 1 fully saturated rings. The second-order valence-corrected chi connectivity index (χ2v) is 4.91. The number of aromatic carboxylic acids is 1. The van der Waals surface area contributed by atoms with E-state index in [4.69, 9.17) is 5.11 Å². The molecule has 0 unspecified atom stereocenters. The van der Waals surface area contributed by atoms with Gasteiger partial charge in [0.15, 0.2) is 0 Å². The summed E-state index contributed by atoms with van der Waals surface area (Å²) in [4.78, 5) is 29.2. The summed E-state index contributed by atoms with van der Waals surface area (Å²) in [5.74, 6) is -0.967. The van der Waals surface area contributed by atoms with E-state index in [1.807, 2.05) is 0 Å². The van der Waals surface area contributed by atoms with Crippen LogP contribution in [0.3, 0.4) is 0 Å². The number of benzene rings is 1. The van der Waals surface area contributed by atoms with Gasteiger partial charge in [-0.15, -0.1) is 0 Å². The maximum absolute atomic E-state index is 13.6. The fourth-order valence-electron chi connectivity index (χ4n) is 2.00. The van der Waals surface area contributed by atoms with Gasteiger partial charge in [0, 0.05) is 17.7 Å². The average molecular weight is 289 g/mol. The first-order valence-electron chi connectivity index (χ1n) is 6.44. The number of hydrogen-bond acceptors (Lipinski definition) is 4. The standard InChI is InChI=1S/C14H12FN3O3/c15-10-5-8(3-4-9(10)14(20)21)16-11-6-12(19)18-13(17-11)7-1-2-7/h3-7H,1-2H2,(H,20,21)(H2,16,17,18,19). The Morgan fingerprint density at radius 2 is 2.14 bits per heavy atom. The number of nitrogens with one attached hydrogen (secondary N) is 2. The van der Waals surface area contributed by atoms with Crippen LogP contribution in [-0.2, 0) is 0 Å². The van der Waals surface area contributed by atoms with Gasteiger partial charge in [0.1, 0.15) is 17.5 Å². The summed E-state index contributed by atoms with van der Waals surface area (Å²) < 4.78 is 13.6. The van der Waals surface area contributed by atoms with Gasteiger partial charge in [0.2, 0.25) is 0 Å². The number of H-pyrrole nitrogens is 1. The van der Waals surface area contributed by atoms with Gasteiger partial charge >= 0.3 is 5.97 Å². The molecule has 0 amide bonds. The average Bonchev–Trinajstić information content (AvgIpc) is 3.21. The summed E-state index contributed by atoms with van der Waals surface area (Å²) in [6.07, 6.45) is 1.99. The molecule has 0 saturated heterocycles. The lowest BCUT2D eigenvalue weighted by atomic mass is 10.2. The van der Waals surface area contributed by atoms with Crippen molar-refractivity contribution < 1.29 is 14.3 Å². The van der Waals surface area contributed by atoms with Crippen LogP contribution >= 0.6 is 0 Å². The van der Waals surface area contributed by atoms with E-state index in [-0.39, 0.29) is 11.5 Å². The van der Waals surface area contributed by atoms with Crippen LogP contribution in [0.5, 0.6) is 0 Å². The highest BCUT2D eigenvalue weighted by Gasteiger charge is 2.26. The van der Waals surface area contributed by atoms with E-state index in [1.165, 1.54) is 12.1 Å². The SMILES string of the molecule is O=C(O)c1ccc(Nc2cc(=O)[nH]c(C3CC3)n2)cc1F. The molecule has 2 aromatic rings. The van der Waals surface area contributed by atoms with Crippen molar-refractivity contribution in [2.75, 3.05) is 5.32 Å². The summed E-state index contributed by atoms with van der Waals surface area (Å²) in [5.41, 5.74) is -0.354. The third-order valence-electron chi connectivity index (χ3n) is 3.20. The van der Waals surface area contributed by atoms with E-state index in [9.17, 15) is 14.0 Å². The van der Waals surface area contributed by atoms with Crippen LogP contribution in [0.25, 0.3) is 0 Å². The van der Waals surface area contributed by atoms with E-state index in [2.05, 4.69) is 15.3 Å². The second-order valence-electron chi connectivity index (χ2n) is 4.91. The highest BCUT2D eigenvalue weighted by Crippen LogP contribution is 2.37. The Bertz CT molecular complexity index is 768. The molecule has 1 heterocycles. The summed E-state index contributed by atoms with van der Waals surface area (Å²) in [6.45, 7) is 0. The van der Waals surface area contributed by atoms with Gasteiger partial charge in [-0.3, -0.25) is 4.79 Å². The van der Waals surface area contributed by atoms with E-state index in [0.29, 0.717) is 17.3 Å². The monoisotopic (exact) mass is 289 g/mol. The molecule has 1 aromatic carbocycles. The molecule has 1 saturated carbocycles. The summed E-state index contributed by atoms with van der Waals surface area (Å²) >= 11 is 0. The Balaban J connectivity index is 1.88. The molecule has 6 nitrogen and oxygen atoms in total. The van der Waals surface area contributed by atoms with Crippen molar-refractivity contribution >= 4 is 17.5 Å². The molecule has 1 aliphatic rings. The third-order valence-corrected chi connectivity index (χ3v) is 3.20. The lowest BCUT2D eigenvalue weighted by Gasteiger charge is -2.08. The van der Waals surface area contributed by atoms with Crippen LogP contribution < -0.4 is 10.9 Å². The number of hydrogen-bond donors (Lipinski definition) is 3. The molecule has 1 aliphatic carbocycles. The van der Waals surface area contributed by atoms with E-state index >= 15 is 0 Å². The molecule has 3 rings (SSSR count). The number of carboxylic acid groups (broad SMARTS) is 1. The molecule has 0 aliphatic heterocycles. The number of rotatable bonds is 4. The molecule has 3 N–H and O–H groups in total. The zero-order valence-corrected chi connectivity index (χ0v) is 10.9. The summed E-state index contributed by atoms with van der Waals surface area (Å²) in [6, 6.07) is 4.92. The van der Waals surface area contributed by atoms with Crippen molar-refractivity contribution in [3.63, 3.8) is 0 Å². The molecule has 0 atom stereocenters. The maximum atomic E-state index is 13.6. The van der Waals surface area contributed by atoms with Gasteiger partial charge in [0.25, 0.3) is 5.56 Å². The van der Waals surface area contributed by atoms with Crippen molar-refractivity contribution in [2.45, 2.75) is 18.8 Å². The molecule has 108 valence electrons. The van der Waals surface area contributed by atoms with Crippen LogP contribution in [0.4, 0.5) is 15.9 Å². The number of anilines is 2. The highest BCUT2D eigenvalue weighted by molar-refractivity contribution is 5.88. The number of carbonyl (C=O) groups is 1. The van der Waals surface area contributed by atoms with E-state index in [1.54, 1.807) is 0 Å². The molecule has 0 radical (unpaired) electrons. The lowest BCUT2D eigenvalue weighted by Crippen LogP contribution is -2.11. The topological polar surface area (TPSA) is 95.1 Å². The highest BCUT2D eigenvalue weighted by atomic mass is 19.1.